The van der Waals surface area contributed by atoms with E-state index < -0.39 is 42.7 Å². The summed E-state index contributed by atoms with van der Waals surface area (Å²) < 4.78 is 20.0. The fraction of sp³-hybridized carbons (Fsp3) is 0.714. The fourth-order valence-corrected chi connectivity index (χ4v) is 2.44. The molecule has 2 heterocycles. The van der Waals surface area contributed by atoms with Crippen molar-refractivity contribution < 1.29 is 24.4 Å². The predicted molar refractivity (Wildman–Crippen MR) is 79.5 cm³/mol. The number of aliphatic hydroxyl groups excluding tert-OH is 3. The minimum Gasteiger partial charge on any atom is -0.394 e. The van der Waals surface area contributed by atoms with E-state index in [1.54, 1.807) is 0 Å². The quantitative estimate of drug-likeness (QED) is 0.502. The van der Waals surface area contributed by atoms with Gasteiger partial charge in [0.1, 0.15) is 18.3 Å². The Hall–Kier alpha value is -1.55. The molecule has 0 bridgehead atoms. The topological polar surface area (TPSA) is 117 Å². The zero-order chi connectivity index (χ0) is 17.0. The summed E-state index contributed by atoms with van der Waals surface area (Å²) in [4.78, 5) is 15.6. The molecular weight excluding hydrogens is 309 g/mol. The van der Waals surface area contributed by atoms with Crippen molar-refractivity contribution in [1.29, 1.82) is 0 Å². The number of anilines is 1. The van der Waals surface area contributed by atoms with Crippen molar-refractivity contribution >= 4 is 5.82 Å². The van der Waals surface area contributed by atoms with Gasteiger partial charge in [-0.25, -0.2) is 9.18 Å². The van der Waals surface area contributed by atoms with Crippen molar-refractivity contribution in [3.63, 3.8) is 0 Å². The Morgan fingerprint density at radius 3 is 2.74 bits per heavy atom. The van der Waals surface area contributed by atoms with Gasteiger partial charge in [-0.2, -0.15) is 4.98 Å². The van der Waals surface area contributed by atoms with Crippen LogP contribution < -0.4 is 11.0 Å². The highest BCUT2D eigenvalue weighted by Crippen LogP contribution is 2.28. The van der Waals surface area contributed by atoms with Gasteiger partial charge >= 0.3 is 5.69 Å². The summed E-state index contributed by atoms with van der Waals surface area (Å²) in [6.45, 7) is 2.01. The maximum absolute atomic E-state index is 14.1. The van der Waals surface area contributed by atoms with Crippen LogP contribution >= 0.6 is 0 Å². The van der Waals surface area contributed by atoms with E-state index in [1.807, 2.05) is 6.92 Å². The van der Waals surface area contributed by atoms with Crippen molar-refractivity contribution in [2.75, 3.05) is 18.5 Å². The summed E-state index contributed by atoms with van der Waals surface area (Å²) in [6, 6.07) is 0. The molecule has 0 aliphatic carbocycles. The van der Waals surface area contributed by atoms with Crippen molar-refractivity contribution in [1.82, 2.24) is 9.55 Å². The molecule has 2 unspecified atom stereocenters. The molecule has 1 aliphatic rings. The minimum atomic E-state index is -1.46. The first kappa shape index (κ1) is 17.8. The Bertz CT molecular complexity index is 582. The molecule has 4 N–H and O–H groups in total. The molecule has 1 fully saturated rings. The molecular formula is C14H22FN3O5. The zero-order valence-electron chi connectivity index (χ0n) is 12.9. The molecule has 1 aromatic heterocycles. The van der Waals surface area contributed by atoms with E-state index in [0.717, 1.165) is 30.0 Å². The standard InChI is InChI=1S/C14H22FN3O5/c1-2-3-4-5-16-12-8(15)6-18(14(22)17-12)13-11(21)10(20)9(7-19)23-13/h6,9-11,13,19-21H,2-5,7H2,1H3,(H,16,17,22)/t9-,10?,11?,13-/m1/s1. The average Bonchev–Trinajstić information content (AvgIpc) is 2.82. The van der Waals surface area contributed by atoms with Crippen LogP contribution in [0.4, 0.5) is 10.2 Å². The van der Waals surface area contributed by atoms with E-state index in [-0.39, 0.29) is 5.82 Å². The number of rotatable bonds is 7. The lowest BCUT2D eigenvalue weighted by atomic mass is 10.1. The summed E-state index contributed by atoms with van der Waals surface area (Å²) in [6.07, 6.45) is -1.48. The van der Waals surface area contributed by atoms with E-state index in [0.29, 0.717) is 6.54 Å². The number of hydrogen-bond donors (Lipinski definition) is 4. The average molecular weight is 331 g/mol. The van der Waals surface area contributed by atoms with Crippen LogP contribution in [0.1, 0.15) is 32.4 Å². The van der Waals surface area contributed by atoms with Crippen molar-refractivity contribution in [3.05, 3.63) is 22.5 Å². The number of nitrogens with zero attached hydrogens (tertiary/aromatic N) is 2. The first-order valence-corrected chi connectivity index (χ1v) is 7.64. The number of aromatic nitrogens is 2. The smallest absolute Gasteiger partial charge is 0.351 e. The second-order valence-electron chi connectivity index (χ2n) is 5.49. The van der Waals surface area contributed by atoms with Gasteiger partial charge in [-0.05, 0) is 6.42 Å². The van der Waals surface area contributed by atoms with Crippen LogP contribution in [0, 0.1) is 5.82 Å². The Morgan fingerprint density at radius 2 is 2.13 bits per heavy atom. The highest BCUT2D eigenvalue weighted by atomic mass is 19.1. The highest BCUT2D eigenvalue weighted by Gasteiger charge is 2.44. The van der Waals surface area contributed by atoms with Gasteiger partial charge in [0.25, 0.3) is 0 Å². The lowest BCUT2D eigenvalue weighted by molar-refractivity contribution is -0.0553. The number of nitrogens with one attached hydrogen (secondary N) is 1. The molecule has 1 saturated heterocycles. The van der Waals surface area contributed by atoms with Crippen molar-refractivity contribution in [2.45, 2.75) is 50.7 Å². The molecule has 9 heteroatoms. The molecule has 0 radical (unpaired) electrons. The van der Waals surface area contributed by atoms with Gasteiger partial charge in [-0.3, -0.25) is 4.57 Å². The number of aliphatic hydroxyl groups is 3. The first-order chi connectivity index (χ1) is 11.0. The minimum absolute atomic E-state index is 0.158. The number of unbranched alkanes of at least 4 members (excludes halogenated alkanes) is 2. The van der Waals surface area contributed by atoms with Crippen LogP contribution in [-0.2, 0) is 4.74 Å². The summed E-state index contributed by atoms with van der Waals surface area (Å²) in [5, 5.41) is 31.4. The molecule has 130 valence electrons. The maximum Gasteiger partial charge on any atom is 0.351 e. The monoisotopic (exact) mass is 331 g/mol. The lowest BCUT2D eigenvalue weighted by Gasteiger charge is -2.18. The molecule has 0 aromatic carbocycles. The van der Waals surface area contributed by atoms with Gasteiger partial charge in [0.05, 0.1) is 12.8 Å². The van der Waals surface area contributed by atoms with E-state index in [9.17, 15) is 19.4 Å². The third-order valence-electron chi connectivity index (χ3n) is 3.77. The third-order valence-corrected chi connectivity index (χ3v) is 3.77. The second kappa shape index (κ2) is 7.82. The normalized spacial score (nSPS) is 27.3. The molecule has 8 nitrogen and oxygen atoms in total. The molecule has 4 atom stereocenters. The van der Waals surface area contributed by atoms with E-state index in [4.69, 9.17) is 9.84 Å². The summed E-state index contributed by atoms with van der Waals surface area (Å²) in [5.41, 5.74) is -0.820. The Morgan fingerprint density at radius 1 is 1.39 bits per heavy atom. The Balaban J connectivity index is 2.15. The van der Waals surface area contributed by atoms with Gasteiger partial charge < -0.3 is 25.4 Å². The summed E-state index contributed by atoms with van der Waals surface area (Å²) in [5.74, 6) is -0.923. The predicted octanol–water partition coefficient (Wildman–Crippen LogP) is -0.404. The van der Waals surface area contributed by atoms with Crippen LogP contribution in [0.2, 0.25) is 0 Å². The van der Waals surface area contributed by atoms with Crippen molar-refractivity contribution in [2.24, 2.45) is 0 Å². The first-order valence-electron chi connectivity index (χ1n) is 7.64. The van der Waals surface area contributed by atoms with Crippen LogP contribution in [0.15, 0.2) is 11.0 Å². The summed E-state index contributed by atoms with van der Waals surface area (Å²) in [7, 11) is 0. The number of halogens is 1. The molecule has 0 spiro atoms. The van der Waals surface area contributed by atoms with E-state index >= 15 is 0 Å². The highest BCUT2D eigenvalue weighted by molar-refractivity contribution is 5.34. The van der Waals surface area contributed by atoms with Crippen LogP contribution in [0.25, 0.3) is 0 Å². The molecule has 1 aliphatic heterocycles. The van der Waals surface area contributed by atoms with Gasteiger partial charge in [0.15, 0.2) is 17.9 Å². The van der Waals surface area contributed by atoms with E-state index in [1.165, 1.54) is 0 Å². The van der Waals surface area contributed by atoms with Crippen LogP contribution in [0.3, 0.4) is 0 Å². The van der Waals surface area contributed by atoms with Gasteiger partial charge in [0.2, 0.25) is 0 Å². The fourth-order valence-electron chi connectivity index (χ4n) is 2.44. The third kappa shape index (κ3) is 3.86. The van der Waals surface area contributed by atoms with Gasteiger partial charge in [0, 0.05) is 6.54 Å². The molecule has 0 saturated carbocycles. The zero-order valence-corrected chi connectivity index (χ0v) is 12.9. The molecule has 1 aromatic rings. The Labute approximate surface area is 132 Å². The second-order valence-corrected chi connectivity index (χ2v) is 5.49. The van der Waals surface area contributed by atoms with Gasteiger partial charge in [-0.15, -0.1) is 0 Å². The molecule has 2 rings (SSSR count). The molecule has 0 amide bonds. The maximum atomic E-state index is 14.1. The van der Waals surface area contributed by atoms with Crippen LogP contribution in [0.5, 0.6) is 0 Å². The van der Waals surface area contributed by atoms with Crippen molar-refractivity contribution in [3.8, 4) is 0 Å². The molecule has 23 heavy (non-hydrogen) atoms. The Kier molecular flexibility index (Phi) is 6.05. The lowest BCUT2D eigenvalue weighted by Crippen LogP contribution is -2.36. The number of ether oxygens (including phenoxy) is 1. The largest absolute Gasteiger partial charge is 0.394 e. The van der Waals surface area contributed by atoms with E-state index in [2.05, 4.69) is 10.3 Å². The summed E-state index contributed by atoms with van der Waals surface area (Å²) >= 11 is 0. The van der Waals surface area contributed by atoms with Gasteiger partial charge in [-0.1, -0.05) is 19.8 Å². The SMILES string of the molecule is CCCCCNc1nc(=O)n([C@@H]2O[C@H](CO)C(O)C2O)cc1F. The van der Waals surface area contributed by atoms with Crippen LogP contribution in [-0.4, -0.2) is 56.3 Å². The number of hydrogen-bond acceptors (Lipinski definition) is 7.